The Morgan fingerprint density at radius 2 is 0.900 bits per heavy atom. The van der Waals surface area contributed by atoms with Crippen LogP contribution >= 0.6 is 69.6 Å². The van der Waals surface area contributed by atoms with E-state index in [2.05, 4.69) is 16.6 Å². The van der Waals surface area contributed by atoms with Gasteiger partial charge in [0.25, 0.3) is 0 Å². The fourth-order valence-electron chi connectivity index (χ4n) is 1.18. The second-order valence-electron chi connectivity index (χ2n) is 3.49. The first-order valence-corrected chi connectivity index (χ1v) is 7.58. The fraction of sp³-hybridized carbons (Fsp3) is 0.600. The molecule has 20 heavy (non-hydrogen) atoms. The molecule has 0 radical (unpaired) electrons. The lowest BCUT2D eigenvalue weighted by Crippen LogP contribution is -2.52. The van der Waals surface area contributed by atoms with Crippen LogP contribution in [0.5, 0.6) is 0 Å². The first-order chi connectivity index (χ1) is 9.27. The van der Waals surface area contributed by atoms with Crippen molar-refractivity contribution in [1.29, 1.82) is 0 Å². The lowest BCUT2D eigenvalue weighted by atomic mass is 9.97. The normalized spacial score (nSPS) is 35.7. The van der Waals surface area contributed by atoms with E-state index < -0.39 is 32.3 Å². The quantitative estimate of drug-likeness (QED) is 0.402. The third-order valence-corrected chi connectivity index (χ3v) is 6.21. The van der Waals surface area contributed by atoms with Gasteiger partial charge in [0.1, 0.15) is 0 Å². The summed E-state index contributed by atoms with van der Waals surface area (Å²) in [7, 11) is 0. The van der Waals surface area contributed by atoms with Crippen LogP contribution in [0, 0.1) is 0 Å². The van der Waals surface area contributed by atoms with Gasteiger partial charge in [-0.2, -0.15) is 0 Å². The van der Waals surface area contributed by atoms with Crippen molar-refractivity contribution >= 4 is 81.8 Å². The molecule has 0 bridgehead atoms. The van der Waals surface area contributed by atoms with Gasteiger partial charge in [-0.25, -0.2) is 9.59 Å². The van der Waals surface area contributed by atoms with Crippen molar-refractivity contribution in [2.24, 2.45) is 9.98 Å². The van der Waals surface area contributed by atoms with Crippen LogP contribution in [0.1, 0.15) is 0 Å². The molecule has 0 amide bonds. The molecule has 0 heterocycles. The summed E-state index contributed by atoms with van der Waals surface area (Å²) in [5, 5.41) is -2.62. The number of aliphatic imine (C=N–C) groups is 2. The molecule has 1 aliphatic carbocycles. The fourth-order valence-corrected chi connectivity index (χ4v) is 3.51. The third-order valence-electron chi connectivity index (χ3n) is 2.17. The Balaban J connectivity index is 0.000000396. The summed E-state index contributed by atoms with van der Waals surface area (Å²) in [6, 6.07) is 0. The number of rotatable bonds is 2. The standard InChI is InChI=1S/C6H6Cl6.C4H2N2O2/c7-1-2(8)4(10)6(12)5(11)3(1)9;1-4(5-2-7)6-3-8/h1-6H;1H2. The van der Waals surface area contributed by atoms with E-state index >= 15 is 0 Å². The van der Waals surface area contributed by atoms with Crippen molar-refractivity contribution in [3.05, 3.63) is 12.4 Å². The number of alkyl halides is 6. The van der Waals surface area contributed by atoms with Crippen molar-refractivity contribution in [3.63, 3.8) is 0 Å². The van der Waals surface area contributed by atoms with Crippen LogP contribution in [0.15, 0.2) is 22.4 Å². The van der Waals surface area contributed by atoms with E-state index in [1.807, 2.05) is 0 Å². The molecule has 0 aromatic rings. The van der Waals surface area contributed by atoms with Gasteiger partial charge in [0.15, 0.2) is 5.82 Å². The lowest BCUT2D eigenvalue weighted by molar-refractivity contribution is 0.544. The molecule has 0 N–H and O–H groups in total. The Hall–Kier alpha value is 0.240. The molecule has 1 fully saturated rings. The average Bonchev–Trinajstić information content (AvgIpc) is 2.42. The highest BCUT2D eigenvalue weighted by Gasteiger charge is 2.46. The van der Waals surface area contributed by atoms with Gasteiger partial charge in [-0.3, -0.25) is 0 Å². The van der Waals surface area contributed by atoms with Crippen molar-refractivity contribution in [3.8, 4) is 0 Å². The molecule has 1 rings (SSSR count). The largest absolute Gasteiger partial charge is 0.242 e. The number of carbonyl (C=O) groups excluding carboxylic acids is 2. The van der Waals surface area contributed by atoms with Crippen LogP contribution in [-0.2, 0) is 9.59 Å². The summed E-state index contributed by atoms with van der Waals surface area (Å²) in [5.41, 5.74) is 0. The molecule has 4 nitrogen and oxygen atoms in total. The zero-order valence-electron chi connectivity index (χ0n) is 9.65. The maximum absolute atomic E-state index is 9.35. The maximum atomic E-state index is 9.35. The van der Waals surface area contributed by atoms with Gasteiger partial charge in [0.2, 0.25) is 12.2 Å². The van der Waals surface area contributed by atoms with Gasteiger partial charge in [-0.1, -0.05) is 6.58 Å². The molecule has 10 heteroatoms. The van der Waals surface area contributed by atoms with Crippen LogP contribution < -0.4 is 0 Å². The van der Waals surface area contributed by atoms with E-state index in [1.165, 1.54) is 0 Å². The monoisotopic (exact) mass is 398 g/mol. The smallest absolute Gasteiger partial charge is 0.211 e. The van der Waals surface area contributed by atoms with E-state index in [4.69, 9.17) is 69.6 Å². The number of isocyanates is 2. The minimum atomic E-state index is -0.437. The Bertz CT molecular complexity index is 357. The highest BCUT2D eigenvalue weighted by Crippen LogP contribution is 2.39. The molecule has 112 valence electrons. The number of hydrogen-bond donors (Lipinski definition) is 0. The second kappa shape index (κ2) is 10.0. The Morgan fingerprint density at radius 1 is 0.700 bits per heavy atom. The SMILES string of the molecule is C=C(N=C=O)N=C=O.ClC1C(Cl)C(Cl)C(Cl)C(Cl)C1Cl. The van der Waals surface area contributed by atoms with Crippen molar-refractivity contribution < 1.29 is 9.59 Å². The Morgan fingerprint density at radius 3 is 1.05 bits per heavy atom. The van der Waals surface area contributed by atoms with Crippen molar-refractivity contribution in [1.82, 2.24) is 0 Å². The summed E-state index contributed by atoms with van der Waals surface area (Å²) in [4.78, 5) is 24.5. The van der Waals surface area contributed by atoms with Gasteiger partial charge in [0.05, 0.1) is 32.3 Å². The maximum Gasteiger partial charge on any atom is 0.242 e. The molecule has 0 aromatic carbocycles. The number of halogens is 6. The average molecular weight is 401 g/mol. The minimum Gasteiger partial charge on any atom is -0.211 e. The number of nitrogens with zero attached hydrogens (tertiary/aromatic N) is 2. The summed E-state index contributed by atoms with van der Waals surface area (Å²) in [6.45, 7) is 3.08. The van der Waals surface area contributed by atoms with E-state index in [1.54, 1.807) is 0 Å². The topological polar surface area (TPSA) is 58.9 Å². The van der Waals surface area contributed by atoms with E-state index in [0.29, 0.717) is 0 Å². The molecule has 0 aliphatic heterocycles. The molecule has 0 atom stereocenters. The Labute approximate surface area is 145 Å². The van der Waals surface area contributed by atoms with Crippen molar-refractivity contribution in [2.45, 2.75) is 32.3 Å². The molecule has 0 unspecified atom stereocenters. The van der Waals surface area contributed by atoms with Crippen molar-refractivity contribution in [2.75, 3.05) is 0 Å². The molecular weight excluding hydrogens is 393 g/mol. The van der Waals surface area contributed by atoms with Crippen LogP contribution in [0.2, 0.25) is 0 Å². The van der Waals surface area contributed by atoms with Gasteiger partial charge in [-0.05, 0) is 0 Å². The summed E-state index contributed by atoms with van der Waals surface area (Å²) in [5.74, 6) is -0.185. The minimum absolute atomic E-state index is 0.185. The predicted octanol–water partition coefficient (Wildman–Crippen LogP) is 3.77. The highest BCUT2D eigenvalue weighted by molar-refractivity contribution is 6.45. The van der Waals surface area contributed by atoms with Gasteiger partial charge in [0, 0.05) is 0 Å². The molecular formula is C10H8Cl6N2O2. The van der Waals surface area contributed by atoms with E-state index in [-0.39, 0.29) is 5.82 Å². The zero-order chi connectivity index (χ0) is 15.9. The van der Waals surface area contributed by atoms with Gasteiger partial charge < -0.3 is 0 Å². The Kier molecular flexibility index (Phi) is 10.2. The van der Waals surface area contributed by atoms with Crippen LogP contribution in [-0.4, -0.2) is 44.4 Å². The third kappa shape index (κ3) is 5.93. The lowest BCUT2D eigenvalue weighted by Gasteiger charge is -2.37. The van der Waals surface area contributed by atoms with Crippen LogP contribution in [0.3, 0.4) is 0 Å². The summed E-state index contributed by atoms with van der Waals surface area (Å²) < 4.78 is 0. The second-order valence-corrected chi connectivity index (χ2v) is 6.51. The van der Waals surface area contributed by atoms with E-state index in [0.717, 1.165) is 12.2 Å². The molecule has 0 saturated heterocycles. The molecule has 0 aromatic heterocycles. The summed E-state index contributed by atoms with van der Waals surface area (Å²) >= 11 is 35.3. The first-order valence-electron chi connectivity index (χ1n) is 4.97. The van der Waals surface area contributed by atoms with Gasteiger partial charge in [-0.15, -0.1) is 79.6 Å². The predicted molar refractivity (Wildman–Crippen MR) is 83.2 cm³/mol. The highest BCUT2D eigenvalue weighted by atomic mass is 35.5. The molecule has 1 saturated carbocycles. The van der Waals surface area contributed by atoms with Gasteiger partial charge >= 0.3 is 0 Å². The van der Waals surface area contributed by atoms with Crippen LogP contribution in [0.4, 0.5) is 0 Å². The summed E-state index contributed by atoms with van der Waals surface area (Å²) in [6.07, 6.45) is 2.31. The molecule has 1 aliphatic rings. The molecule has 0 spiro atoms. The first kappa shape index (κ1) is 20.2. The zero-order valence-corrected chi connectivity index (χ0v) is 14.2. The van der Waals surface area contributed by atoms with Crippen LogP contribution in [0.25, 0.3) is 0 Å². The van der Waals surface area contributed by atoms with E-state index in [9.17, 15) is 9.59 Å². The number of hydrogen-bond acceptors (Lipinski definition) is 4.